The fourth-order valence-electron chi connectivity index (χ4n) is 9.54. The van der Waals surface area contributed by atoms with Crippen LogP contribution in [-0.2, 0) is 14.3 Å². The van der Waals surface area contributed by atoms with E-state index in [0.29, 0.717) is 6.42 Å². The zero-order chi connectivity index (χ0) is 51.5. The Hall–Kier alpha value is -1.85. The minimum absolute atomic E-state index is 0.188. The van der Waals surface area contributed by atoms with Gasteiger partial charge in [0, 0.05) is 6.42 Å². The van der Waals surface area contributed by atoms with E-state index in [2.05, 4.69) is 55.6 Å². The average Bonchev–Trinajstić information content (AvgIpc) is 3.37. The molecule has 0 bridgehead atoms. The van der Waals surface area contributed by atoms with Crippen LogP contribution >= 0.6 is 0 Å². The van der Waals surface area contributed by atoms with Crippen molar-refractivity contribution in [2.24, 2.45) is 0 Å². The fraction of sp³-hybridized carbons (Fsp3) is 0.855. The Morgan fingerprint density at radius 2 is 0.803 bits per heavy atom. The quantitative estimate of drug-likeness (QED) is 0.0261. The normalized spacial score (nSPS) is 19.6. The number of hydrogen-bond acceptors (Lipinski definition) is 8. The van der Waals surface area contributed by atoms with Gasteiger partial charge in [-0.1, -0.05) is 255 Å². The maximum absolute atomic E-state index is 13.1. The number of carbonyl (C=O) groups excluding carboxylic acids is 1. The van der Waals surface area contributed by atoms with Gasteiger partial charge in [0.25, 0.3) is 0 Å². The van der Waals surface area contributed by atoms with E-state index in [-0.39, 0.29) is 12.5 Å². The van der Waals surface area contributed by atoms with Crippen molar-refractivity contribution in [1.82, 2.24) is 5.32 Å². The predicted molar refractivity (Wildman–Crippen MR) is 299 cm³/mol. The standard InChI is InChI=1S/C62H115NO8/c1-3-5-7-9-11-13-15-17-19-21-22-23-24-25-26-27-28-29-30-31-32-33-34-36-38-40-42-44-46-48-50-52-58(66)63-55(54-70-62-61(69)60(68)59(67)57(53-64)71-62)56(65)51-49-47-45-43-41-39-37-35-20-18-16-14-12-10-8-6-4-2/h20,25-26,35,41,43,49,51,55-57,59-62,64-65,67-69H,3-19,21-24,27-34,36-40,42,44-48,50,52-54H2,1-2H3,(H,63,66)/b26-25-,35-20+,43-41+,51-49+. The number of allylic oxidation sites excluding steroid dienone is 7. The molecule has 71 heavy (non-hydrogen) atoms. The summed E-state index contributed by atoms with van der Waals surface area (Å²) in [6, 6.07) is -0.828. The first-order chi connectivity index (χ1) is 34.8. The topological polar surface area (TPSA) is 149 Å². The molecule has 0 aliphatic carbocycles. The number of carbonyl (C=O) groups is 1. The summed E-state index contributed by atoms with van der Waals surface area (Å²) in [5.74, 6) is -0.188. The number of unbranched alkanes of at least 4 members (excludes halogenated alkanes) is 36. The lowest BCUT2D eigenvalue weighted by Gasteiger charge is -2.40. The molecule has 416 valence electrons. The van der Waals surface area contributed by atoms with Gasteiger partial charge >= 0.3 is 0 Å². The van der Waals surface area contributed by atoms with E-state index in [1.54, 1.807) is 6.08 Å². The molecule has 0 aromatic carbocycles. The SMILES string of the molecule is CCCCCCCCC/C=C/CC/C=C/CC/C=C/C(O)C(COC1OC(CO)C(O)C(O)C1O)NC(=O)CCCCCCCCCCCCCCCCC/C=C\CCCCCCCCCCCCCC. The molecular formula is C62H115NO8. The van der Waals surface area contributed by atoms with E-state index in [9.17, 15) is 30.3 Å². The van der Waals surface area contributed by atoms with Crippen LogP contribution in [-0.4, -0.2) is 87.5 Å². The number of amides is 1. The number of aliphatic hydroxyl groups excluding tert-OH is 5. The smallest absolute Gasteiger partial charge is 0.220 e. The molecule has 0 spiro atoms. The van der Waals surface area contributed by atoms with Gasteiger partial charge in [0.15, 0.2) is 6.29 Å². The second-order valence-corrected chi connectivity index (χ2v) is 21.1. The third-order valence-electron chi connectivity index (χ3n) is 14.4. The summed E-state index contributed by atoms with van der Waals surface area (Å²) >= 11 is 0. The highest BCUT2D eigenvalue weighted by atomic mass is 16.7. The monoisotopic (exact) mass is 1000 g/mol. The number of hydrogen-bond donors (Lipinski definition) is 6. The van der Waals surface area contributed by atoms with Crippen LogP contribution in [0.25, 0.3) is 0 Å². The molecule has 1 aliphatic rings. The largest absolute Gasteiger partial charge is 0.394 e. The van der Waals surface area contributed by atoms with E-state index in [4.69, 9.17) is 9.47 Å². The highest BCUT2D eigenvalue weighted by Crippen LogP contribution is 2.23. The van der Waals surface area contributed by atoms with Gasteiger partial charge in [-0.15, -0.1) is 0 Å². The van der Waals surface area contributed by atoms with E-state index in [1.807, 2.05) is 6.08 Å². The van der Waals surface area contributed by atoms with Crippen LogP contribution in [0.1, 0.15) is 284 Å². The molecule has 1 saturated heterocycles. The highest BCUT2D eigenvalue weighted by molar-refractivity contribution is 5.76. The second-order valence-electron chi connectivity index (χ2n) is 21.1. The molecule has 1 fully saturated rings. The molecule has 0 saturated carbocycles. The molecule has 1 aliphatic heterocycles. The first-order valence-corrected chi connectivity index (χ1v) is 30.4. The molecule has 6 N–H and O–H groups in total. The second kappa shape index (κ2) is 51.6. The molecule has 9 nitrogen and oxygen atoms in total. The summed E-state index contributed by atoms with van der Waals surface area (Å²) in [7, 11) is 0. The average molecular weight is 1000 g/mol. The van der Waals surface area contributed by atoms with Crippen molar-refractivity contribution >= 4 is 5.91 Å². The van der Waals surface area contributed by atoms with Gasteiger partial charge in [-0.2, -0.15) is 0 Å². The van der Waals surface area contributed by atoms with Gasteiger partial charge in [-0.25, -0.2) is 0 Å². The van der Waals surface area contributed by atoms with Crippen molar-refractivity contribution in [3.63, 3.8) is 0 Å². The zero-order valence-electron chi connectivity index (χ0n) is 46.2. The van der Waals surface area contributed by atoms with Crippen LogP contribution in [0.4, 0.5) is 0 Å². The van der Waals surface area contributed by atoms with Crippen molar-refractivity contribution in [3.05, 3.63) is 48.6 Å². The molecule has 1 rings (SSSR count). The number of rotatable bonds is 52. The van der Waals surface area contributed by atoms with Gasteiger partial charge in [0.1, 0.15) is 24.4 Å². The number of ether oxygens (including phenoxy) is 2. The molecule has 9 heteroatoms. The zero-order valence-corrected chi connectivity index (χ0v) is 46.2. The minimum Gasteiger partial charge on any atom is -0.394 e. The Bertz CT molecular complexity index is 1250. The third kappa shape index (κ3) is 41.1. The van der Waals surface area contributed by atoms with Gasteiger partial charge in [-0.05, 0) is 70.6 Å². The predicted octanol–water partition coefficient (Wildman–Crippen LogP) is 15.3. The van der Waals surface area contributed by atoms with E-state index < -0.39 is 49.5 Å². The summed E-state index contributed by atoms with van der Waals surface area (Å²) in [4.78, 5) is 13.1. The van der Waals surface area contributed by atoms with Crippen LogP contribution in [0, 0.1) is 0 Å². The van der Waals surface area contributed by atoms with E-state index >= 15 is 0 Å². The minimum atomic E-state index is -1.57. The van der Waals surface area contributed by atoms with Gasteiger partial charge in [0.05, 0.1) is 25.4 Å². The van der Waals surface area contributed by atoms with Crippen molar-refractivity contribution in [3.8, 4) is 0 Å². The summed E-state index contributed by atoms with van der Waals surface area (Å²) in [5, 5.41) is 54.5. The first-order valence-electron chi connectivity index (χ1n) is 30.4. The maximum atomic E-state index is 13.1. The van der Waals surface area contributed by atoms with E-state index in [0.717, 1.165) is 44.9 Å². The molecular weight excluding hydrogens is 887 g/mol. The van der Waals surface area contributed by atoms with Crippen molar-refractivity contribution in [1.29, 1.82) is 0 Å². The van der Waals surface area contributed by atoms with E-state index in [1.165, 1.54) is 218 Å². The molecule has 0 radical (unpaired) electrons. The van der Waals surface area contributed by atoms with Crippen LogP contribution < -0.4 is 5.32 Å². The van der Waals surface area contributed by atoms with Crippen LogP contribution in [0.5, 0.6) is 0 Å². The van der Waals surface area contributed by atoms with Crippen LogP contribution in [0.15, 0.2) is 48.6 Å². The Balaban J connectivity index is 2.17. The van der Waals surface area contributed by atoms with Crippen LogP contribution in [0.3, 0.4) is 0 Å². The number of nitrogens with one attached hydrogen (secondary N) is 1. The highest BCUT2D eigenvalue weighted by Gasteiger charge is 2.44. The summed E-state index contributed by atoms with van der Waals surface area (Å²) in [6.07, 6.45) is 62.0. The Morgan fingerprint density at radius 1 is 0.465 bits per heavy atom. The fourth-order valence-corrected chi connectivity index (χ4v) is 9.54. The molecule has 1 amide bonds. The number of aliphatic hydroxyl groups is 5. The van der Waals surface area contributed by atoms with Gasteiger partial charge in [0.2, 0.25) is 5.91 Å². The van der Waals surface area contributed by atoms with Crippen molar-refractivity contribution in [2.75, 3.05) is 13.2 Å². The molecule has 0 aromatic heterocycles. The van der Waals surface area contributed by atoms with Gasteiger partial charge in [-0.3, -0.25) is 4.79 Å². The molecule has 7 atom stereocenters. The molecule has 0 aromatic rings. The Kier molecular flexibility index (Phi) is 48.8. The summed E-state index contributed by atoms with van der Waals surface area (Å²) in [5.41, 5.74) is 0. The summed E-state index contributed by atoms with van der Waals surface area (Å²) in [6.45, 7) is 3.77. The Labute approximate surface area is 437 Å². The Morgan fingerprint density at radius 3 is 1.18 bits per heavy atom. The molecule has 7 unspecified atom stereocenters. The van der Waals surface area contributed by atoms with Crippen molar-refractivity contribution < 1.29 is 39.8 Å². The summed E-state index contributed by atoms with van der Waals surface area (Å²) < 4.78 is 11.3. The lowest BCUT2D eigenvalue weighted by Crippen LogP contribution is -2.60. The lowest BCUT2D eigenvalue weighted by atomic mass is 9.99. The van der Waals surface area contributed by atoms with Crippen LogP contribution in [0.2, 0.25) is 0 Å². The van der Waals surface area contributed by atoms with Gasteiger partial charge < -0.3 is 40.3 Å². The first kappa shape index (κ1) is 67.2. The lowest BCUT2D eigenvalue weighted by molar-refractivity contribution is -0.302. The molecule has 1 heterocycles. The third-order valence-corrected chi connectivity index (χ3v) is 14.4. The maximum Gasteiger partial charge on any atom is 0.220 e. The van der Waals surface area contributed by atoms with Crippen molar-refractivity contribution in [2.45, 2.75) is 326 Å².